The number of nitrogens with zero attached hydrogens (tertiary/aromatic N) is 2. The Morgan fingerprint density at radius 3 is 2.78 bits per heavy atom. The first-order valence-corrected chi connectivity index (χ1v) is 6.45. The van der Waals surface area contributed by atoms with Crippen LogP contribution in [0.15, 0.2) is 5.16 Å². The Bertz CT molecular complexity index is 346. The number of hydrogen-bond donors (Lipinski definition) is 2. The number of rotatable bonds is 4. The van der Waals surface area contributed by atoms with Crippen LogP contribution in [-0.4, -0.2) is 48.2 Å². The number of amidine groups is 1. The summed E-state index contributed by atoms with van der Waals surface area (Å²) in [6.07, 6.45) is 4.69. The second kappa shape index (κ2) is 5.14. The maximum Gasteiger partial charge on any atom is 0.236 e. The fourth-order valence-electron chi connectivity index (χ4n) is 2.51. The number of carbonyl (C=O) groups is 1. The highest BCUT2D eigenvalue weighted by Crippen LogP contribution is 2.47. The Labute approximate surface area is 107 Å². The number of ether oxygens (including phenoxy) is 1. The largest absolute Gasteiger partial charge is 0.409 e. The van der Waals surface area contributed by atoms with Crippen LogP contribution in [0.1, 0.15) is 32.1 Å². The summed E-state index contributed by atoms with van der Waals surface area (Å²) in [6, 6.07) is 0. The average Bonchev–Trinajstić information content (AvgIpc) is 3.19. The highest BCUT2D eigenvalue weighted by Gasteiger charge is 2.55. The number of amides is 1. The lowest BCUT2D eigenvalue weighted by Crippen LogP contribution is -2.45. The van der Waals surface area contributed by atoms with Gasteiger partial charge in [0.05, 0.1) is 6.10 Å². The molecule has 2 rings (SSSR count). The smallest absolute Gasteiger partial charge is 0.236 e. The SMILES string of the molecule is CN(CC1CCCCO1)C(=O)C1(C(N)=NO)CC1. The van der Waals surface area contributed by atoms with Crippen molar-refractivity contribution in [2.75, 3.05) is 20.2 Å². The minimum absolute atomic E-state index is 0.0314. The molecule has 0 aromatic heterocycles. The standard InChI is InChI=1S/C12H21N3O3/c1-15(8-9-4-2-3-7-18-9)11(16)12(5-6-12)10(13)14-17/h9,17H,2-8H2,1H3,(H2,13,14). The summed E-state index contributed by atoms with van der Waals surface area (Å²) in [5, 5.41) is 11.7. The molecule has 1 saturated heterocycles. The highest BCUT2D eigenvalue weighted by molar-refractivity contribution is 6.09. The molecule has 0 spiro atoms. The zero-order valence-electron chi connectivity index (χ0n) is 10.8. The zero-order chi connectivity index (χ0) is 13.2. The van der Waals surface area contributed by atoms with Crippen molar-refractivity contribution in [2.45, 2.75) is 38.2 Å². The van der Waals surface area contributed by atoms with Crippen molar-refractivity contribution in [3.63, 3.8) is 0 Å². The van der Waals surface area contributed by atoms with Gasteiger partial charge in [0.15, 0.2) is 5.84 Å². The monoisotopic (exact) mass is 255 g/mol. The molecule has 0 bridgehead atoms. The number of nitrogens with two attached hydrogens (primary N) is 1. The van der Waals surface area contributed by atoms with Crippen molar-refractivity contribution in [1.82, 2.24) is 4.90 Å². The van der Waals surface area contributed by atoms with Gasteiger partial charge in [-0.3, -0.25) is 4.79 Å². The predicted molar refractivity (Wildman–Crippen MR) is 66.3 cm³/mol. The van der Waals surface area contributed by atoms with E-state index in [4.69, 9.17) is 15.7 Å². The average molecular weight is 255 g/mol. The summed E-state index contributed by atoms with van der Waals surface area (Å²) in [6.45, 7) is 1.36. The number of oxime groups is 1. The van der Waals surface area contributed by atoms with E-state index >= 15 is 0 Å². The van der Waals surface area contributed by atoms with Gasteiger partial charge in [0.1, 0.15) is 5.41 Å². The molecule has 2 fully saturated rings. The molecular formula is C12H21N3O3. The normalized spacial score (nSPS) is 26.7. The number of likely N-dealkylation sites (N-methyl/N-ethyl adjacent to an activating group) is 1. The minimum atomic E-state index is -0.752. The molecule has 18 heavy (non-hydrogen) atoms. The van der Waals surface area contributed by atoms with Crippen LogP contribution in [0.25, 0.3) is 0 Å². The topological polar surface area (TPSA) is 88.2 Å². The van der Waals surface area contributed by atoms with Crippen molar-refractivity contribution in [3.8, 4) is 0 Å². The van der Waals surface area contributed by atoms with Crippen molar-refractivity contribution >= 4 is 11.7 Å². The molecule has 6 heteroatoms. The molecule has 1 aliphatic heterocycles. The van der Waals surface area contributed by atoms with Gasteiger partial charge in [0.2, 0.25) is 5.91 Å². The summed E-state index contributed by atoms with van der Waals surface area (Å²) in [7, 11) is 1.75. The Kier molecular flexibility index (Phi) is 3.75. The number of hydrogen-bond acceptors (Lipinski definition) is 4. The van der Waals surface area contributed by atoms with Gasteiger partial charge in [-0.1, -0.05) is 5.16 Å². The summed E-state index contributed by atoms with van der Waals surface area (Å²) in [4.78, 5) is 14.0. The molecular weight excluding hydrogens is 234 g/mol. The molecule has 0 aromatic carbocycles. The molecule has 1 unspecified atom stereocenters. The fraction of sp³-hybridized carbons (Fsp3) is 0.833. The van der Waals surface area contributed by atoms with Crippen LogP contribution in [0.2, 0.25) is 0 Å². The Hall–Kier alpha value is -1.30. The second-order valence-electron chi connectivity index (χ2n) is 5.24. The van der Waals surface area contributed by atoms with Gasteiger partial charge in [-0.05, 0) is 32.1 Å². The van der Waals surface area contributed by atoms with E-state index in [1.807, 2.05) is 0 Å². The van der Waals surface area contributed by atoms with Gasteiger partial charge >= 0.3 is 0 Å². The van der Waals surface area contributed by atoms with Gasteiger partial charge in [-0.15, -0.1) is 0 Å². The van der Waals surface area contributed by atoms with E-state index in [2.05, 4.69) is 5.16 Å². The van der Waals surface area contributed by atoms with Crippen LogP contribution >= 0.6 is 0 Å². The summed E-state index contributed by atoms with van der Waals surface area (Å²) < 4.78 is 5.61. The van der Waals surface area contributed by atoms with E-state index in [1.165, 1.54) is 0 Å². The van der Waals surface area contributed by atoms with Crippen molar-refractivity contribution in [2.24, 2.45) is 16.3 Å². The molecule has 1 heterocycles. The van der Waals surface area contributed by atoms with Gasteiger partial charge < -0.3 is 20.6 Å². The second-order valence-corrected chi connectivity index (χ2v) is 5.24. The summed E-state index contributed by atoms with van der Waals surface area (Å²) in [5.74, 6) is -0.0316. The van der Waals surface area contributed by atoms with Crippen molar-refractivity contribution < 1.29 is 14.7 Å². The van der Waals surface area contributed by atoms with Gasteiger partial charge in [-0.2, -0.15) is 0 Å². The third-order valence-corrected chi connectivity index (χ3v) is 3.86. The third kappa shape index (κ3) is 2.43. The van der Waals surface area contributed by atoms with E-state index in [9.17, 15) is 4.79 Å². The maximum atomic E-state index is 12.3. The van der Waals surface area contributed by atoms with E-state index in [1.54, 1.807) is 11.9 Å². The fourth-order valence-corrected chi connectivity index (χ4v) is 2.51. The van der Waals surface area contributed by atoms with Crippen LogP contribution in [0.3, 0.4) is 0 Å². The first-order valence-electron chi connectivity index (χ1n) is 6.45. The predicted octanol–water partition coefficient (Wildman–Crippen LogP) is 0.540. The molecule has 0 aromatic rings. The van der Waals surface area contributed by atoms with Crippen LogP contribution < -0.4 is 5.73 Å². The van der Waals surface area contributed by atoms with Crippen molar-refractivity contribution in [1.29, 1.82) is 0 Å². The lowest BCUT2D eigenvalue weighted by atomic mass is 10.0. The van der Waals surface area contributed by atoms with E-state index in [0.717, 1.165) is 25.9 Å². The molecule has 6 nitrogen and oxygen atoms in total. The molecule has 1 saturated carbocycles. The molecule has 102 valence electrons. The lowest BCUT2D eigenvalue weighted by Gasteiger charge is -2.29. The van der Waals surface area contributed by atoms with Crippen LogP contribution in [0, 0.1) is 5.41 Å². The van der Waals surface area contributed by atoms with E-state index < -0.39 is 5.41 Å². The lowest BCUT2D eigenvalue weighted by molar-refractivity contribution is -0.135. The van der Waals surface area contributed by atoms with Crippen LogP contribution in [0.4, 0.5) is 0 Å². The summed E-state index contributed by atoms with van der Waals surface area (Å²) in [5.41, 5.74) is 4.85. The van der Waals surface area contributed by atoms with Gasteiger partial charge in [0.25, 0.3) is 0 Å². The Morgan fingerprint density at radius 2 is 2.28 bits per heavy atom. The minimum Gasteiger partial charge on any atom is -0.409 e. The Balaban J connectivity index is 1.92. The van der Waals surface area contributed by atoms with Crippen molar-refractivity contribution in [3.05, 3.63) is 0 Å². The quantitative estimate of drug-likeness (QED) is 0.332. The molecule has 1 amide bonds. The highest BCUT2D eigenvalue weighted by atomic mass is 16.5. The van der Waals surface area contributed by atoms with Crippen LogP contribution in [-0.2, 0) is 9.53 Å². The third-order valence-electron chi connectivity index (χ3n) is 3.86. The molecule has 3 N–H and O–H groups in total. The zero-order valence-corrected chi connectivity index (χ0v) is 10.8. The maximum absolute atomic E-state index is 12.3. The van der Waals surface area contributed by atoms with Gasteiger partial charge in [-0.25, -0.2) is 0 Å². The molecule has 1 aliphatic carbocycles. The first-order chi connectivity index (χ1) is 8.60. The van der Waals surface area contributed by atoms with Gasteiger partial charge in [0, 0.05) is 20.2 Å². The first kappa shape index (κ1) is 13.1. The molecule has 0 radical (unpaired) electrons. The molecule has 1 atom stereocenters. The summed E-state index contributed by atoms with van der Waals surface area (Å²) >= 11 is 0. The van der Waals surface area contributed by atoms with E-state index in [0.29, 0.717) is 19.4 Å². The molecule has 2 aliphatic rings. The van der Waals surface area contributed by atoms with Crippen LogP contribution in [0.5, 0.6) is 0 Å². The number of carbonyl (C=O) groups excluding carboxylic acids is 1. The van der Waals surface area contributed by atoms with E-state index in [-0.39, 0.29) is 17.8 Å². The Morgan fingerprint density at radius 1 is 1.56 bits per heavy atom.